The van der Waals surface area contributed by atoms with Gasteiger partial charge in [0.25, 0.3) is 0 Å². The van der Waals surface area contributed by atoms with E-state index in [0.717, 1.165) is 24.9 Å². The van der Waals surface area contributed by atoms with Gasteiger partial charge in [-0.05, 0) is 62.2 Å². The summed E-state index contributed by atoms with van der Waals surface area (Å²) in [6, 6.07) is 0.355. The quantitative estimate of drug-likeness (QED) is 0.862. The molecule has 4 rings (SSSR count). The Balaban J connectivity index is 0.00000110. The van der Waals surface area contributed by atoms with E-state index in [1.54, 1.807) is 0 Å². The number of hydrogen-bond donors (Lipinski definition) is 1. The molecule has 2 N–H and O–H groups in total. The van der Waals surface area contributed by atoms with Gasteiger partial charge in [-0.1, -0.05) is 0 Å². The Morgan fingerprint density at radius 1 is 1.00 bits per heavy atom. The average Bonchev–Trinajstić information content (AvgIpc) is 3.26. The second-order valence-corrected chi connectivity index (χ2v) is 7.11. The highest BCUT2D eigenvalue weighted by Gasteiger charge is 2.50. The van der Waals surface area contributed by atoms with Crippen molar-refractivity contribution in [1.82, 2.24) is 4.90 Å². The van der Waals surface area contributed by atoms with Crippen molar-refractivity contribution in [2.75, 3.05) is 13.1 Å². The fourth-order valence-electron chi connectivity index (χ4n) is 4.40. The van der Waals surface area contributed by atoms with Crippen molar-refractivity contribution in [3.8, 4) is 0 Å². The zero-order chi connectivity index (χ0) is 12.3. The van der Waals surface area contributed by atoms with Crippen LogP contribution in [0.15, 0.2) is 0 Å². The van der Waals surface area contributed by atoms with Crippen molar-refractivity contribution in [3.63, 3.8) is 0 Å². The standard InChI is InChI=1S/C15H24N2O.ClH/c16-13-6-5-11-7-17(8-12(11)13)15(18)14(9-1-2-9)10-3-4-10;/h9-14H,1-8,16H2;1H. The Bertz CT molecular complexity index is 355. The monoisotopic (exact) mass is 284 g/mol. The van der Waals surface area contributed by atoms with E-state index in [1.807, 2.05) is 0 Å². The fraction of sp³-hybridized carbons (Fsp3) is 0.933. The van der Waals surface area contributed by atoms with Gasteiger partial charge in [0.1, 0.15) is 0 Å². The summed E-state index contributed by atoms with van der Waals surface area (Å²) in [5, 5.41) is 0. The van der Waals surface area contributed by atoms with Crippen molar-refractivity contribution < 1.29 is 4.79 Å². The van der Waals surface area contributed by atoms with E-state index in [-0.39, 0.29) is 12.4 Å². The van der Waals surface area contributed by atoms with Crippen LogP contribution in [0.3, 0.4) is 0 Å². The van der Waals surface area contributed by atoms with Gasteiger partial charge in [-0.3, -0.25) is 4.79 Å². The number of amides is 1. The molecule has 1 heterocycles. The third-order valence-corrected chi connectivity index (χ3v) is 5.77. The van der Waals surface area contributed by atoms with Gasteiger partial charge in [0.05, 0.1) is 0 Å². The minimum Gasteiger partial charge on any atom is -0.342 e. The highest BCUT2D eigenvalue weighted by Crippen LogP contribution is 2.50. The van der Waals surface area contributed by atoms with Crippen LogP contribution < -0.4 is 5.73 Å². The van der Waals surface area contributed by atoms with Gasteiger partial charge in [-0.2, -0.15) is 0 Å². The number of likely N-dealkylation sites (tertiary alicyclic amines) is 1. The Kier molecular flexibility index (Phi) is 3.55. The van der Waals surface area contributed by atoms with Crippen molar-refractivity contribution >= 4 is 18.3 Å². The lowest BCUT2D eigenvalue weighted by molar-refractivity contribution is -0.136. The number of fused-ring (bicyclic) bond motifs is 1. The zero-order valence-electron chi connectivity index (χ0n) is 11.5. The first-order chi connectivity index (χ1) is 8.74. The van der Waals surface area contributed by atoms with Gasteiger partial charge >= 0.3 is 0 Å². The first-order valence-electron chi connectivity index (χ1n) is 7.78. The molecule has 1 saturated heterocycles. The Morgan fingerprint density at radius 3 is 2.16 bits per heavy atom. The molecule has 0 radical (unpaired) electrons. The molecule has 0 bridgehead atoms. The van der Waals surface area contributed by atoms with E-state index in [9.17, 15) is 4.79 Å². The highest BCUT2D eigenvalue weighted by molar-refractivity contribution is 5.85. The lowest BCUT2D eigenvalue weighted by Gasteiger charge is -2.24. The minimum atomic E-state index is 0. The van der Waals surface area contributed by atoms with Crippen LogP contribution >= 0.6 is 12.4 Å². The summed E-state index contributed by atoms with van der Waals surface area (Å²) < 4.78 is 0. The molecule has 3 nitrogen and oxygen atoms in total. The molecule has 19 heavy (non-hydrogen) atoms. The lowest BCUT2D eigenvalue weighted by atomic mass is 9.96. The van der Waals surface area contributed by atoms with E-state index in [2.05, 4.69) is 4.90 Å². The largest absolute Gasteiger partial charge is 0.342 e. The Labute approximate surface area is 121 Å². The third kappa shape index (κ3) is 2.40. The first kappa shape index (κ1) is 13.7. The van der Waals surface area contributed by atoms with Crippen LogP contribution in [0.2, 0.25) is 0 Å². The van der Waals surface area contributed by atoms with E-state index in [4.69, 9.17) is 5.73 Å². The topological polar surface area (TPSA) is 46.3 Å². The Morgan fingerprint density at radius 2 is 1.63 bits per heavy atom. The fourth-order valence-corrected chi connectivity index (χ4v) is 4.40. The molecule has 0 spiro atoms. The predicted octanol–water partition coefficient (Wildman–Crippen LogP) is 2.04. The molecule has 4 fully saturated rings. The van der Waals surface area contributed by atoms with Crippen LogP contribution in [0.1, 0.15) is 38.5 Å². The predicted molar refractivity (Wildman–Crippen MR) is 77.0 cm³/mol. The first-order valence-corrected chi connectivity index (χ1v) is 7.78. The number of halogens is 1. The summed E-state index contributed by atoms with van der Waals surface area (Å²) in [6.07, 6.45) is 7.61. The van der Waals surface area contributed by atoms with Crippen LogP contribution in [-0.2, 0) is 4.79 Å². The maximum absolute atomic E-state index is 12.7. The van der Waals surface area contributed by atoms with Gasteiger partial charge in [0.15, 0.2) is 0 Å². The molecule has 0 aromatic rings. The van der Waals surface area contributed by atoms with E-state index in [0.29, 0.717) is 29.7 Å². The average molecular weight is 285 g/mol. The summed E-state index contributed by atoms with van der Waals surface area (Å²) in [7, 11) is 0. The molecule has 1 aliphatic heterocycles. The lowest BCUT2D eigenvalue weighted by Crippen LogP contribution is -2.38. The molecular weight excluding hydrogens is 260 g/mol. The van der Waals surface area contributed by atoms with Gasteiger partial charge in [0, 0.05) is 25.0 Å². The molecular formula is C15H25ClN2O. The Hall–Kier alpha value is -0.280. The van der Waals surface area contributed by atoms with Gasteiger partial charge < -0.3 is 10.6 Å². The van der Waals surface area contributed by atoms with Gasteiger partial charge in [-0.15, -0.1) is 12.4 Å². The summed E-state index contributed by atoms with van der Waals surface area (Å²) in [6.45, 7) is 1.97. The normalized spacial score (nSPS) is 37.4. The van der Waals surface area contributed by atoms with Crippen molar-refractivity contribution in [2.24, 2.45) is 35.3 Å². The van der Waals surface area contributed by atoms with Crippen LogP contribution in [0, 0.1) is 29.6 Å². The second kappa shape index (κ2) is 4.92. The summed E-state index contributed by atoms with van der Waals surface area (Å²) in [5.41, 5.74) is 6.16. The molecule has 3 aliphatic carbocycles. The van der Waals surface area contributed by atoms with Crippen LogP contribution in [-0.4, -0.2) is 29.9 Å². The second-order valence-electron chi connectivity index (χ2n) is 7.11. The smallest absolute Gasteiger partial charge is 0.226 e. The van der Waals surface area contributed by atoms with E-state index >= 15 is 0 Å². The molecule has 4 heteroatoms. The van der Waals surface area contributed by atoms with Crippen molar-refractivity contribution in [3.05, 3.63) is 0 Å². The summed E-state index contributed by atoms with van der Waals surface area (Å²) in [5.74, 6) is 3.66. The number of carbonyl (C=O) groups excluding carboxylic acids is 1. The number of carbonyl (C=O) groups is 1. The van der Waals surface area contributed by atoms with Crippen molar-refractivity contribution in [2.45, 2.75) is 44.6 Å². The van der Waals surface area contributed by atoms with Crippen LogP contribution in [0.25, 0.3) is 0 Å². The van der Waals surface area contributed by atoms with Gasteiger partial charge in [0.2, 0.25) is 5.91 Å². The third-order valence-electron chi connectivity index (χ3n) is 5.77. The number of nitrogens with zero attached hydrogens (tertiary/aromatic N) is 1. The molecule has 3 saturated carbocycles. The summed E-state index contributed by atoms with van der Waals surface area (Å²) >= 11 is 0. The van der Waals surface area contributed by atoms with Gasteiger partial charge in [-0.25, -0.2) is 0 Å². The molecule has 3 atom stereocenters. The summed E-state index contributed by atoms with van der Waals surface area (Å²) in [4.78, 5) is 14.9. The number of hydrogen-bond acceptors (Lipinski definition) is 2. The zero-order valence-corrected chi connectivity index (χ0v) is 12.3. The minimum absolute atomic E-state index is 0. The molecule has 1 amide bonds. The molecule has 0 aromatic carbocycles. The van der Waals surface area contributed by atoms with E-state index < -0.39 is 0 Å². The van der Waals surface area contributed by atoms with Crippen LogP contribution in [0.5, 0.6) is 0 Å². The van der Waals surface area contributed by atoms with E-state index in [1.165, 1.54) is 38.5 Å². The maximum Gasteiger partial charge on any atom is 0.226 e. The molecule has 108 valence electrons. The molecule has 0 aromatic heterocycles. The molecule has 3 unspecified atom stereocenters. The van der Waals surface area contributed by atoms with Crippen LogP contribution in [0.4, 0.5) is 0 Å². The SMILES string of the molecule is Cl.NC1CCC2CN(C(=O)C(C3CC3)C3CC3)CC12. The maximum atomic E-state index is 12.7. The molecule has 4 aliphatic rings. The number of rotatable bonds is 3. The number of nitrogens with two attached hydrogens (primary N) is 1. The highest BCUT2D eigenvalue weighted by atomic mass is 35.5. The van der Waals surface area contributed by atoms with Crippen molar-refractivity contribution in [1.29, 1.82) is 0 Å².